The van der Waals surface area contributed by atoms with Gasteiger partial charge in [0, 0.05) is 32.0 Å². The standard InChI is InChI=1S/C20H32O4.C16H26O5.C15H24O5.6CH4/c1-4-13(3)18(21)23-17-12-14-10-15(17)16(11-14)19(22)24-20(5-2)8-6-7-9-20;1-5-16(2,3)15(18)21-13-8-10-6-11(13)12(7-10)14(17)20-9-19-4;1-4-9(2)14(16)20-13-7-10-5-11(13)12(6-10)15(17)19-8-18-3;;;;;;/h13-17H,4-12H2,1-3H3;10-13H,5-9H2,1-4H3;9-13H,4-8H2,1-3H3;6*1H4. The lowest BCUT2D eigenvalue weighted by molar-refractivity contribution is -0.173. The van der Waals surface area contributed by atoms with E-state index in [2.05, 4.69) is 6.92 Å². The minimum atomic E-state index is -0.464. The summed E-state index contributed by atoms with van der Waals surface area (Å²) in [6.45, 7) is 15.6. The molecule has 0 aromatic rings. The van der Waals surface area contributed by atoms with E-state index in [1.807, 2.05) is 48.5 Å². The highest BCUT2D eigenvalue weighted by Crippen LogP contribution is 2.53. The topological polar surface area (TPSA) is 176 Å². The van der Waals surface area contributed by atoms with Crippen LogP contribution in [0.1, 0.15) is 209 Å². The van der Waals surface area contributed by atoms with Gasteiger partial charge in [0.25, 0.3) is 0 Å². The van der Waals surface area contributed by atoms with Crippen molar-refractivity contribution in [3.8, 4) is 0 Å². The number of ether oxygens (including phenoxy) is 8. The van der Waals surface area contributed by atoms with Crippen LogP contribution in [0.15, 0.2) is 0 Å². The molecule has 0 aromatic heterocycles. The first-order valence-corrected chi connectivity index (χ1v) is 25.1. The maximum absolute atomic E-state index is 12.8. The molecular weight excluding hydrogens is 909 g/mol. The molecule has 0 saturated heterocycles. The molecule has 0 N–H and O–H groups in total. The van der Waals surface area contributed by atoms with Gasteiger partial charge in [0.1, 0.15) is 23.9 Å². The van der Waals surface area contributed by atoms with Gasteiger partial charge in [0.2, 0.25) is 0 Å². The lowest BCUT2D eigenvalue weighted by atomic mass is 9.86. The second kappa shape index (κ2) is 31.5. The zero-order valence-corrected chi connectivity index (χ0v) is 41.2. The van der Waals surface area contributed by atoms with Gasteiger partial charge < -0.3 is 37.9 Å². The highest BCUT2D eigenvalue weighted by molar-refractivity contribution is 5.77. The summed E-state index contributed by atoms with van der Waals surface area (Å²) >= 11 is 0. The average Bonchev–Trinajstić information content (AvgIpc) is 4.18. The van der Waals surface area contributed by atoms with Gasteiger partial charge in [-0.25, -0.2) is 0 Å². The molecule has 0 spiro atoms. The van der Waals surface area contributed by atoms with E-state index in [0.29, 0.717) is 17.8 Å². The molecule has 7 rings (SSSR count). The monoisotopic (exact) mass is 1010 g/mol. The second-order valence-electron chi connectivity index (χ2n) is 21.2. The Balaban J connectivity index is 0. The summed E-state index contributed by atoms with van der Waals surface area (Å²) in [5, 5.41) is 0. The molecule has 7 aliphatic rings. The second-order valence-corrected chi connectivity index (χ2v) is 21.2. The van der Waals surface area contributed by atoms with Crippen LogP contribution in [0, 0.1) is 70.5 Å². The molecule has 0 aromatic carbocycles. The highest BCUT2D eigenvalue weighted by atomic mass is 16.7. The Morgan fingerprint density at radius 2 is 0.873 bits per heavy atom. The van der Waals surface area contributed by atoms with Crippen molar-refractivity contribution in [2.24, 2.45) is 70.5 Å². The molecule has 7 saturated carbocycles. The number of hydrogen-bond donors (Lipinski definition) is 0. The van der Waals surface area contributed by atoms with Gasteiger partial charge in [0.15, 0.2) is 13.6 Å². The SMILES string of the molecule is C.C.C.C.C.C.CCC(C)(C)C(=O)OC1CC2CC(C(=O)OCOC)C1C2.CCC(C)C(=O)OC1CC2CC(C(=O)OC3(CC)CCCC3)C1C2.CCC(C)C(=O)OC1CC2CC(C(=O)OCOC)C1C2. The summed E-state index contributed by atoms with van der Waals surface area (Å²) in [5.74, 6) is 0.490. The fourth-order valence-corrected chi connectivity index (χ4v) is 11.7. The Kier molecular flexibility index (Phi) is 30.9. The summed E-state index contributed by atoms with van der Waals surface area (Å²) < 4.78 is 42.7. The summed E-state index contributed by atoms with van der Waals surface area (Å²) in [5.41, 5.74) is -0.685. The molecule has 7 fully saturated rings. The molecule has 0 heterocycles. The summed E-state index contributed by atoms with van der Waals surface area (Å²) in [4.78, 5) is 73.1. The van der Waals surface area contributed by atoms with Crippen molar-refractivity contribution < 1.29 is 66.7 Å². The molecule has 14 unspecified atom stereocenters. The van der Waals surface area contributed by atoms with Gasteiger partial charge in [-0.2, -0.15) is 0 Å². The predicted molar refractivity (Wildman–Crippen MR) is 279 cm³/mol. The molecule has 7 aliphatic carbocycles. The molecule has 6 bridgehead atoms. The number of rotatable bonds is 18. The van der Waals surface area contributed by atoms with E-state index < -0.39 is 5.41 Å². The van der Waals surface area contributed by atoms with Crippen LogP contribution in [0.4, 0.5) is 0 Å². The van der Waals surface area contributed by atoms with E-state index in [9.17, 15) is 28.8 Å². The van der Waals surface area contributed by atoms with Gasteiger partial charge in [-0.1, -0.05) is 86.1 Å². The van der Waals surface area contributed by atoms with Crippen LogP contribution < -0.4 is 0 Å². The first-order chi connectivity index (χ1) is 30.9. The number of methoxy groups -OCH3 is 2. The van der Waals surface area contributed by atoms with E-state index in [0.717, 1.165) is 109 Å². The zero-order valence-electron chi connectivity index (χ0n) is 41.2. The van der Waals surface area contributed by atoms with Crippen LogP contribution in [-0.4, -0.2) is 87.5 Å². The summed E-state index contributed by atoms with van der Waals surface area (Å²) in [6, 6.07) is 0. The fraction of sp³-hybridized carbons (Fsp3) is 0.895. The first-order valence-electron chi connectivity index (χ1n) is 25.1. The van der Waals surface area contributed by atoms with Crippen LogP contribution in [0.25, 0.3) is 0 Å². The maximum atomic E-state index is 12.8. The van der Waals surface area contributed by atoms with Gasteiger partial charge >= 0.3 is 35.8 Å². The maximum Gasteiger partial charge on any atom is 0.311 e. The molecule has 0 radical (unpaired) electrons. The van der Waals surface area contributed by atoms with Gasteiger partial charge in [-0.3, -0.25) is 28.8 Å². The Labute approximate surface area is 432 Å². The van der Waals surface area contributed by atoms with Crippen LogP contribution in [0.2, 0.25) is 0 Å². The average molecular weight is 1020 g/mol. The van der Waals surface area contributed by atoms with Crippen molar-refractivity contribution in [3.05, 3.63) is 0 Å². The Bertz CT molecular complexity index is 1620. The van der Waals surface area contributed by atoms with E-state index in [1.54, 1.807) is 0 Å². The molecule has 14 atom stereocenters. The molecular formula is C57H106O14. The third kappa shape index (κ3) is 17.4. The van der Waals surface area contributed by atoms with E-state index in [1.165, 1.54) is 14.2 Å². The minimum Gasteiger partial charge on any atom is -0.462 e. The number of carbonyl (C=O) groups excluding carboxylic acids is 6. The molecule has 71 heavy (non-hydrogen) atoms. The first kappa shape index (κ1) is 69.8. The smallest absolute Gasteiger partial charge is 0.311 e. The van der Waals surface area contributed by atoms with Crippen LogP contribution >= 0.6 is 0 Å². The molecule has 0 aliphatic heterocycles. The van der Waals surface area contributed by atoms with Crippen molar-refractivity contribution >= 4 is 35.8 Å². The molecule has 14 heteroatoms. The van der Waals surface area contributed by atoms with Crippen molar-refractivity contribution in [2.45, 2.75) is 233 Å². The van der Waals surface area contributed by atoms with Crippen molar-refractivity contribution in [1.82, 2.24) is 0 Å². The number of esters is 6. The molecule has 0 amide bonds. The zero-order chi connectivity index (χ0) is 47.6. The normalized spacial score (nSPS) is 30.3. The van der Waals surface area contributed by atoms with Crippen LogP contribution in [0.3, 0.4) is 0 Å². The van der Waals surface area contributed by atoms with Crippen LogP contribution in [-0.2, 0) is 66.7 Å². The fourth-order valence-electron chi connectivity index (χ4n) is 11.7. The van der Waals surface area contributed by atoms with E-state index >= 15 is 0 Å². The van der Waals surface area contributed by atoms with Gasteiger partial charge in [-0.05, 0) is 141 Å². The Morgan fingerprint density at radius 3 is 1.18 bits per heavy atom. The number of fused-ring (bicyclic) bond motifs is 6. The lowest BCUT2D eigenvalue weighted by Crippen LogP contribution is -2.39. The third-order valence-electron chi connectivity index (χ3n) is 16.5. The third-order valence-corrected chi connectivity index (χ3v) is 16.5. The minimum absolute atomic E-state index is 0. The van der Waals surface area contributed by atoms with Gasteiger partial charge in [0.05, 0.1) is 35.0 Å². The van der Waals surface area contributed by atoms with Crippen molar-refractivity contribution in [3.63, 3.8) is 0 Å². The Morgan fingerprint density at radius 1 is 0.521 bits per heavy atom. The number of hydrogen-bond acceptors (Lipinski definition) is 14. The van der Waals surface area contributed by atoms with E-state index in [-0.39, 0.29) is 165 Å². The largest absolute Gasteiger partial charge is 0.462 e. The Hall–Kier alpha value is -3.26. The predicted octanol–water partition coefficient (Wildman–Crippen LogP) is 12.7. The molecule has 14 nitrogen and oxygen atoms in total. The summed E-state index contributed by atoms with van der Waals surface area (Å²) in [6.07, 6.45) is 15.5. The quantitative estimate of drug-likeness (QED) is 0.0720. The van der Waals surface area contributed by atoms with Crippen molar-refractivity contribution in [1.29, 1.82) is 0 Å². The summed E-state index contributed by atoms with van der Waals surface area (Å²) in [7, 11) is 2.98. The van der Waals surface area contributed by atoms with Crippen molar-refractivity contribution in [2.75, 3.05) is 27.8 Å². The lowest BCUT2D eigenvalue weighted by Gasteiger charge is -2.33. The highest BCUT2D eigenvalue weighted by Gasteiger charge is 2.54. The molecule has 418 valence electrons. The number of carbonyl (C=O) groups is 6. The van der Waals surface area contributed by atoms with E-state index in [4.69, 9.17) is 37.9 Å². The van der Waals surface area contributed by atoms with Crippen LogP contribution in [0.5, 0.6) is 0 Å². The van der Waals surface area contributed by atoms with Gasteiger partial charge in [-0.15, -0.1) is 0 Å².